The number of alkyl halides is 1. The average Bonchev–Trinajstić information content (AvgIpc) is 2.55. The van der Waals surface area contributed by atoms with Gasteiger partial charge in [0.05, 0.1) is 0 Å². The summed E-state index contributed by atoms with van der Waals surface area (Å²) in [6.45, 7) is 1.85. The quantitative estimate of drug-likeness (QED) is 0.181. The fourth-order valence-corrected chi connectivity index (χ4v) is 2.54. The van der Waals surface area contributed by atoms with Crippen LogP contribution in [0.5, 0.6) is 0 Å². The lowest BCUT2D eigenvalue weighted by Crippen LogP contribution is -2.37. The molecule has 0 radical (unpaired) electrons. The first-order valence-electron chi connectivity index (χ1n) is 8.25. The number of hydrogen-bond donors (Lipinski definition) is 1. The van der Waals surface area contributed by atoms with E-state index in [0.29, 0.717) is 12.3 Å². The SMILES string of the molecule is C/C=C/C=C/C(=O)O/C(=C\CCCCl)C(=O)NC1CCCCC1. The van der Waals surface area contributed by atoms with Crippen molar-refractivity contribution < 1.29 is 14.3 Å². The number of carbonyl (C=O) groups excluding carboxylic acids is 2. The zero-order valence-corrected chi connectivity index (χ0v) is 14.5. The topological polar surface area (TPSA) is 55.4 Å². The van der Waals surface area contributed by atoms with Crippen molar-refractivity contribution in [2.45, 2.75) is 57.9 Å². The van der Waals surface area contributed by atoms with Gasteiger partial charge >= 0.3 is 5.97 Å². The van der Waals surface area contributed by atoms with Gasteiger partial charge in [0.25, 0.3) is 5.91 Å². The minimum Gasteiger partial charge on any atom is -0.418 e. The van der Waals surface area contributed by atoms with Gasteiger partial charge in [0.15, 0.2) is 5.76 Å². The highest BCUT2D eigenvalue weighted by Crippen LogP contribution is 2.18. The van der Waals surface area contributed by atoms with Crippen LogP contribution >= 0.6 is 11.6 Å². The number of allylic oxidation sites excluding steroid dienone is 4. The highest BCUT2D eigenvalue weighted by molar-refractivity contribution is 6.17. The first kappa shape index (κ1) is 19.5. The zero-order valence-electron chi connectivity index (χ0n) is 13.7. The van der Waals surface area contributed by atoms with Gasteiger partial charge in [-0.1, -0.05) is 37.5 Å². The van der Waals surface area contributed by atoms with E-state index < -0.39 is 5.97 Å². The number of unbranched alkanes of at least 4 members (excludes halogenated alkanes) is 1. The molecule has 23 heavy (non-hydrogen) atoms. The van der Waals surface area contributed by atoms with Crippen LogP contribution in [0.2, 0.25) is 0 Å². The predicted octanol–water partition coefficient (Wildman–Crippen LogP) is 4.01. The second-order valence-electron chi connectivity index (χ2n) is 5.51. The fourth-order valence-electron chi connectivity index (χ4n) is 2.38. The molecule has 0 aromatic carbocycles. The molecule has 0 unspecified atom stereocenters. The summed E-state index contributed by atoms with van der Waals surface area (Å²) in [6, 6.07) is 0.171. The lowest BCUT2D eigenvalue weighted by Gasteiger charge is -2.23. The standard InChI is InChI=1S/C18H26ClNO3/c1-2-3-5-13-17(21)23-16(12-8-9-14-19)18(22)20-15-10-6-4-7-11-15/h2-3,5,12-13,15H,4,6-11,14H2,1H3,(H,20,22)/b3-2+,13-5+,16-12-. The van der Waals surface area contributed by atoms with Crippen LogP contribution in [-0.4, -0.2) is 23.8 Å². The van der Waals surface area contributed by atoms with E-state index in [4.69, 9.17) is 16.3 Å². The maximum atomic E-state index is 12.3. The van der Waals surface area contributed by atoms with E-state index in [2.05, 4.69) is 5.32 Å². The van der Waals surface area contributed by atoms with Gasteiger partial charge in [-0.05, 0) is 38.7 Å². The van der Waals surface area contributed by atoms with Crippen LogP contribution in [0.4, 0.5) is 0 Å². The van der Waals surface area contributed by atoms with Crippen LogP contribution in [0.15, 0.2) is 36.1 Å². The molecule has 0 heterocycles. The third kappa shape index (κ3) is 8.60. The van der Waals surface area contributed by atoms with E-state index in [1.54, 1.807) is 24.3 Å². The molecule has 0 aromatic rings. The molecule has 128 valence electrons. The van der Waals surface area contributed by atoms with Gasteiger partial charge in [0, 0.05) is 18.0 Å². The number of ether oxygens (including phenoxy) is 1. The largest absolute Gasteiger partial charge is 0.418 e. The summed E-state index contributed by atoms with van der Waals surface area (Å²) >= 11 is 5.65. The van der Waals surface area contributed by atoms with Gasteiger partial charge in [-0.15, -0.1) is 11.6 Å². The van der Waals surface area contributed by atoms with Crippen LogP contribution in [-0.2, 0) is 14.3 Å². The van der Waals surface area contributed by atoms with Crippen molar-refractivity contribution in [3.63, 3.8) is 0 Å². The Bertz CT molecular complexity index is 463. The van der Waals surface area contributed by atoms with E-state index >= 15 is 0 Å². The lowest BCUT2D eigenvalue weighted by atomic mass is 9.95. The molecule has 1 fully saturated rings. The highest BCUT2D eigenvalue weighted by atomic mass is 35.5. The second-order valence-corrected chi connectivity index (χ2v) is 5.89. The maximum absolute atomic E-state index is 12.3. The van der Waals surface area contributed by atoms with Gasteiger partial charge in [0.2, 0.25) is 0 Å². The number of amides is 1. The third-order valence-electron chi connectivity index (χ3n) is 3.58. The number of carbonyl (C=O) groups is 2. The first-order valence-corrected chi connectivity index (χ1v) is 8.79. The second kappa shape index (κ2) is 11.9. The smallest absolute Gasteiger partial charge is 0.336 e. The molecule has 1 saturated carbocycles. The number of rotatable bonds is 8. The summed E-state index contributed by atoms with van der Waals surface area (Å²) in [5.41, 5.74) is 0. The van der Waals surface area contributed by atoms with Crippen molar-refractivity contribution in [2.24, 2.45) is 0 Å². The van der Waals surface area contributed by atoms with Crippen molar-refractivity contribution in [3.8, 4) is 0 Å². The van der Waals surface area contributed by atoms with Gasteiger partial charge < -0.3 is 10.1 Å². The van der Waals surface area contributed by atoms with Crippen LogP contribution in [0.1, 0.15) is 51.9 Å². The van der Waals surface area contributed by atoms with Crippen molar-refractivity contribution in [1.82, 2.24) is 5.32 Å². The van der Waals surface area contributed by atoms with Crippen LogP contribution in [0.25, 0.3) is 0 Å². The molecule has 0 atom stereocenters. The number of esters is 1. The molecule has 1 N–H and O–H groups in total. The Kier molecular flexibility index (Phi) is 10.1. The molecule has 1 aliphatic carbocycles. The van der Waals surface area contributed by atoms with Gasteiger partial charge in [-0.25, -0.2) is 4.79 Å². The van der Waals surface area contributed by atoms with Crippen molar-refractivity contribution in [3.05, 3.63) is 36.1 Å². The summed E-state index contributed by atoms with van der Waals surface area (Å²) in [7, 11) is 0. The Morgan fingerprint density at radius 3 is 2.61 bits per heavy atom. The zero-order chi connectivity index (χ0) is 16.9. The van der Waals surface area contributed by atoms with E-state index in [1.807, 2.05) is 6.92 Å². The first-order chi connectivity index (χ1) is 11.2. The summed E-state index contributed by atoms with van der Waals surface area (Å²) < 4.78 is 5.19. The summed E-state index contributed by atoms with van der Waals surface area (Å²) in [4.78, 5) is 24.1. The van der Waals surface area contributed by atoms with Gasteiger partial charge in [-0.3, -0.25) is 4.79 Å². The Morgan fingerprint density at radius 2 is 1.96 bits per heavy atom. The summed E-state index contributed by atoms with van der Waals surface area (Å²) in [5.74, 6) is -0.308. The molecule has 4 nitrogen and oxygen atoms in total. The monoisotopic (exact) mass is 339 g/mol. The Morgan fingerprint density at radius 1 is 1.22 bits per heavy atom. The molecule has 0 saturated heterocycles. The van der Waals surface area contributed by atoms with E-state index in [1.165, 1.54) is 12.5 Å². The normalized spacial score (nSPS) is 16.9. The minimum absolute atomic E-state index is 0.0656. The molecule has 1 amide bonds. The van der Waals surface area contributed by atoms with Gasteiger partial charge in [0.1, 0.15) is 0 Å². The third-order valence-corrected chi connectivity index (χ3v) is 3.85. The predicted molar refractivity (Wildman–Crippen MR) is 93.1 cm³/mol. The molecule has 0 aromatic heterocycles. The van der Waals surface area contributed by atoms with Gasteiger partial charge in [-0.2, -0.15) is 0 Å². The van der Waals surface area contributed by atoms with Crippen molar-refractivity contribution in [2.75, 3.05) is 5.88 Å². The number of halogens is 1. The van der Waals surface area contributed by atoms with Crippen LogP contribution in [0, 0.1) is 0 Å². The molecule has 0 spiro atoms. The molecular formula is C18H26ClNO3. The summed E-state index contributed by atoms with van der Waals surface area (Å²) in [6.07, 6.45) is 14.8. The molecular weight excluding hydrogens is 314 g/mol. The maximum Gasteiger partial charge on any atom is 0.336 e. The molecule has 0 bridgehead atoms. The molecule has 0 aliphatic heterocycles. The molecule has 5 heteroatoms. The van der Waals surface area contributed by atoms with Crippen molar-refractivity contribution in [1.29, 1.82) is 0 Å². The van der Waals surface area contributed by atoms with Crippen molar-refractivity contribution >= 4 is 23.5 Å². The van der Waals surface area contributed by atoms with E-state index in [-0.39, 0.29) is 17.7 Å². The Hall–Kier alpha value is -1.55. The number of nitrogens with one attached hydrogen (secondary N) is 1. The van der Waals surface area contributed by atoms with Crippen LogP contribution in [0.3, 0.4) is 0 Å². The van der Waals surface area contributed by atoms with E-state index in [0.717, 1.165) is 32.1 Å². The average molecular weight is 340 g/mol. The highest BCUT2D eigenvalue weighted by Gasteiger charge is 2.20. The fraction of sp³-hybridized carbons (Fsp3) is 0.556. The number of hydrogen-bond acceptors (Lipinski definition) is 3. The molecule has 1 aliphatic rings. The Balaban J connectivity index is 2.64. The minimum atomic E-state index is -0.556. The lowest BCUT2D eigenvalue weighted by molar-refractivity contribution is -0.138. The summed E-state index contributed by atoms with van der Waals surface area (Å²) in [5, 5.41) is 2.96. The van der Waals surface area contributed by atoms with E-state index in [9.17, 15) is 9.59 Å². The molecule has 1 rings (SSSR count). The Labute approximate surface area is 143 Å². The van der Waals surface area contributed by atoms with Crippen LogP contribution < -0.4 is 5.32 Å².